The molecular weight excluding hydrogens is 274 g/mol. The van der Waals surface area contributed by atoms with Crippen molar-refractivity contribution in [3.8, 4) is 6.07 Å². The molecule has 1 aliphatic heterocycles. The number of rotatable bonds is 9. The van der Waals surface area contributed by atoms with Gasteiger partial charge in [0.05, 0.1) is 18.1 Å². The minimum atomic E-state index is -0.0474. The molecule has 0 radical (unpaired) electrons. The van der Waals surface area contributed by atoms with E-state index in [1.165, 1.54) is 37.7 Å². The predicted molar refractivity (Wildman–Crippen MR) is 86.4 cm³/mol. The summed E-state index contributed by atoms with van der Waals surface area (Å²) in [6.45, 7) is 2.22. The summed E-state index contributed by atoms with van der Waals surface area (Å²) in [6, 6.07) is 10.2. The number of carbonyl (C=O) groups is 1. The molecular formula is C19H25NO2. The third kappa shape index (κ3) is 4.87. The largest absolute Gasteiger partial charge is 0.462 e. The first-order valence-electron chi connectivity index (χ1n) is 8.42. The van der Waals surface area contributed by atoms with Crippen molar-refractivity contribution in [2.24, 2.45) is 0 Å². The topological polar surface area (TPSA) is 50.1 Å². The molecule has 1 aliphatic rings. The molecule has 22 heavy (non-hydrogen) atoms. The maximum atomic E-state index is 10.7. The van der Waals surface area contributed by atoms with Crippen LogP contribution in [-0.4, -0.2) is 12.1 Å². The van der Waals surface area contributed by atoms with Gasteiger partial charge in [-0.15, -0.1) is 0 Å². The summed E-state index contributed by atoms with van der Waals surface area (Å²) in [5, 5.41) is 8.88. The third-order valence-corrected chi connectivity index (χ3v) is 4.42. The van der Waals surface area contributed by atoms with E-state index in [1.807, 2.05) is 12.1 Å². The number of hydrogen-bond acceptors (Lipinski definition) is 3. The molecule has 2 rings (SSSR count). The van der Waals surface area contributed by atoms with Crippen molar-refractivity contribution >= 4 is 5.97 Å². The molecule has 1 aromatic rings. The van der Waals surface area contributed by atoms with Crippen molar-refractivity contribution in [3.63, 3.8) is 0 Å². The Bertz CT molecular complexity index is 507. The molecule has 0 aliphatic carbocycles. The van der Waals surface area contributed by atoms with Crippen LogP contribution < -0.4 is 0 Å². The number of ether oxygens (including phenoxy) is 1. The molecule has 2 atom stereocenters. The Morgan fingerprint density at radius 3 is 2.55 bits per heavy atom. The van der Waals surface area contributed by atoms with E-state index in [4.69, 9.17) is 10.00 Å². The van der Waals surface area contributed by atoms with Crippen LogP contribution in [0.25, 0.3) is 0 Å². The van der Waals surface area contributed by atoms with E-state index in [0.29, 0.717) is 12.3 Å². The van der Waals surface area contributed by atoms with Crippen LogP contribution in [0.3, 0.4) is 0 Å². The van der Waals surface area contributed by atoms with Gasteiger partial charge < -0.3 is 4.74 Å². The number of unbranched alkanes of at least 4 members (excludes halogenated alkanes) is 2. The minimum absolute atomic E-state index is 0.0474. The summed E-state index contributed by atoms with van der Waals surface area (Å²) >= 11 is 0. The Balaban J connectivity index is 1.71. The number of cyclic esters (lactones) is 1. The number of esters is 1. The van der Waals surface area contributed by atoms with E-state index in [0.717, 1.165) is 18.4 Å². The number of hydrogen-bond donors (Lipinski definition) is 0. The summed E-state index contributed by atoms with van der Waals surface area (Å²) in [5.74, 6) is 0.549. The third-order valence-electron chi connectivity index (χ3n) is 4.42. The van der Waals surface area contributed by atoms with Gasteiger partial charge in [-0.1, -0.05) is 38.3 Å². The van der Waals surface area contributed by atoms with E-state index < -0.39 is 0 Å². The van der Waals surface area contributed by atoms with Gasteiger partial charge in [0, 0.05) is 0 Å². The Kier molecular flexibility index (Phi) is 6.45. The van der Waals surface area contributed by atoms with Crippen molar-refractivity contribution in [2.75, 3.05) is 0 Å². The van der Waals surface area contributed by atoms with Gasteiger partial charge in [-0.05, 0) is 49.3 Å². The van der Waals surface area contributed by atoms with Crippen LogP contribution in [0.4, 0.5) is 0 Å². The van der Waals surface area contributed by atoms with E-state index in [2.05, 4.69) is 25.1 Å². The van der Waals surface area contributed by atoms with Gasteiger partial charge >= 0.3 is 5.97 Å². The highest BCUT2D eigenvalue weighted by Crippen LogP contribution is 2.28. The van der Waals surface area contributed by atoms with Gasteiger partial charge in [0.15, 0.2) is 0 Å². The molecule has 0 spiro atoms. The lowest BCUT2D eigenvalue weighted by Crippen LogP contribution is -2.32. The van der Waals surface area contributed by atoms with Gasteiger partial charge in [0.25, 0.3) is 0 Å². The van der Waals surface area contributed by atoms with E-state index in [1.54, 1.807) is 0 Å². The fourth-order valence-corrected chi connectivity index (χ4v) is 3.12. The molecule has 1 heterocycles. The molecule has 0 bridgehead atoms. The van der Waals surface area contributed by atoms with Crippen LogP contribution >= 0.6 is 0 Å². The monoisotopic (exact) mass is 299 g/mol. The second kappa shape index (κ2) is 8.58. The van der Waals surface area contributed by atoms with Gasteiger partial charge in [-0.2, -0.15) is 5.26 Å². The summed E-state index contributed by atoms with van der Waals surface area (Å²) in [5.41, 5.74) is 2.09. The summed E-state index contributed by atoms with van der Waals surface area (Å²) in [7, 11) is 0. The van der Waals surface area contributed by atoms with Gasteiger partial charge in [0.1, 0.15) is 6.10 Å². The lowest BCUT2D eigenvalue weighted by molar-refractivity contribution is -0.169. The first-order valence-corrected chi connectivity index (χ1v) is 8.42. The first-order chi connectivity index (χ1) is 10.7. The highest BCUT2D eigenvalue weighted by atomic mass is 16.6. The molecule has 0 N–H and O–H groups in total. The van der Waals surface area contributed by atoms with Gasteiger partial charge in [-0.3, -0.25) is 4.79 Å². The molecule has 3 nitrogen and oxygen atoms in total. The van der Waals surface area contributed by atoms with Crippen molar-refractivity contribution in [1.29, 1.82) is 5.26 Å². The Labute approximate surface area is 133 Å². The second-order valence-corrected chi connectivity index (χ2v) is 6.17. The van der Waals surface area contributed by atoms with Crippen molar-refractivity contribution in [3.05, 3.63) is 35.4 Å². The molecule has 0 saturated carbocycles. The zero-order chi connectivity index (χ0) is 15.8. The van der Waals surface area contributed by atoms with Crippen molar-refractivity contribution in [2.45, 2.75) is 70.3 Å². The Hall–Kier alpha value is -1.82. The van der Waals surface area contributed by atoms with Crippen LogP contribution in [0.5, 0.6) is 0 Å². The van der Waals surface area contributed by atoms with Crippen LogP contribution in [0.1, 0.15) is 75.3 Å². The predicted octanol–water partition coefficient (Wildman–Crippen LogP) is 4.71. The minimum Gasteiger partial charge on any atom is -0.462 e. The van der Waals surface area contributed by atoms with E-state index >= 15 is 0 Å². The maximum Gasteiger partial charge on any atom is 0.309 e. The molecule has 2 unspecified atom stereocenters. The lowest BCUT2D eigenvalue weighted by atomic mass is 9.88. The normalized spacial score (nSPS) is 18.2. The molecule has 0 aromatic heterocycles. The quantitative estimate of drug-likeness (QED) is 0.490. The smallest absolute Gasteiger partial charge is 0.309 e. The fourth-order valence-electron chi connectivity index (χ4n) is 3.12. The average molecular weight is 299 g/mol. The molecule has 1 fully saturated rings. The number of benzene rings is 1. The van der Waals surface area contributed by atoms with Crippen LogP contribution in [0.2, 0.25) is 0 Å². The van der Waals surface area contributed by atoms with Crippen molar-refractivity contribution < 1.29 is 9.53 Å². The Morgan fingerprint density at radius 1 is 1.23 bits per heavy atom. The molecule has 0 amide bonds. The standard InChI is InChI=1S/C19H25NO2/c1-2-6-16(17-11-9-15(14-20)10-12-17)7-4-3-5-8-18-13-19(21)22-18/h9-12,16,18H,2-8,13H2,1H3. The Morgan fingerprint density at radius 2 is 1.95 bits per heavy atom. The number of nitrogens with zero attached hydrogens (tertiary/aromatic N) is 1. The zero-order valence-electron chi connectivity index (χ0n) is 13.4. The fraction of sp³-hybridized carbons (Fsp3) is 0.579. The number of nitriles is 1. The van der Waals surface area contributed by atoms with E-state index in [-0.39, 0.29) is 12.1 Å². The summed E-state index contributed by atoms with van der Waals surface area (Å²) in [4.78, 5) is 10.7. The van der Waals surface area contributed by atoms with Crippen molar-refractivity contribution in [1.82, 2.24) is 0 Å². The summed E-state index contributed by atoms with van der Waals surface area (Å²) in [6.07, 6.45) is 8.96. The highest BCUT2D eigenvalue weighted by molar-refractivity contribution is 5.75. The molecule has 1 saturated heterocycles. The number of carbonyl (C=O) groups excluding carboxylic acids is 1. The SMILES string of the molecule is CCCC(CCCCCC1CC(=O)O1)c1ccc(C#N)cc1. The average Bonchev–Trinajstić information content (AvgIpc) is 2.51. The van der Waals surface area contributed by atoms with Gasteiger partial charge in [-0.25, -0.2) is 0 Å². The second-order valence-electron chi connectivity index (χ2n) is 6.17. The van der Waals surface area contributed by atoms with Crippen LogP contribution in [0.15, 0.2) is 24.3 Å². The van der Waals surface area contributed by atoms with E-state index in [9.17, 15) is 4.79 Å². The first kappa shape index (κ1) is 16.5. The van der Waals surface area contributed by atoms with Crippen LogP contribution in [0, 0.1) is 11.3 Å². The molecule has 118 valence electrons. The summed E-state index contributed by atoms with van der Waals surface area (Å²) < 4.78 is 5.03. The van der Waals surface area contributed by atoms with Crippen LogP contribution in [-0.2, 0) is 9.53 Å². The molecule has 3 heteroatoms. The maximum absolute atomic E-state index is 10.7. The highest BCUT2D eigenvalue weighted by Gasteiger charge is 2.27. The zero-order valence-corrected chi connectivity index (χ0v) is 13.4. The van der Waals surface area contributed by atoms with Gasteiger partial charge in [0.2, 0.25) is 0 Å². The molecule has 1 aromatic carbocycles. The lowest BCUT2D eigenvalue weighted by Gasteiger charge is -2.25.